The first kappa shape index (κ1) is 13.7. The van der Waals surface area contributed by atoms with E-state index >= 15 is 0 Å². The fraction of sp³-hybridized carbons (Fsp3) is 0.375. The minimum atomic E-state index is 0.467. The van der Waals surface area contributed by atoms with Crippen LogP contribution < -0.4 is 10.1 Å². The molecule has 0 saturated heterocycles. The molecule has 0 saturated carbocycles. The Morgan fingerprint density at radius 2 is 1.89 bits per heavy atom. The highest BCUT2D eigenvalue weighted by Gasteiger charge is 2.08. The summed E-state index contributed by atoms with van der Waals surface area (Å²) in [5, 5.41) is 3.09. The fourth-order valence-electron chi connectivity index (χ4n) is 2.11. The van der Waals surface area contributed by atoms with Gasteiger partial charge >= 0.3 is 0 Å². The SMILES string of the molecule is CNCc1oc(COc2ccc(C)cc2C)cc1C. The zero-order valence-electron chi connectivity index (χ0n) is 12.0. The Kier molecular flexibility index (Phi) is 4.27. The summed E-state index contributed by atoms with van der Waals surface area (Å²) >= 11 is 0. The van der Waals surface area contributed by atoms with Crippen molar-refractivity contribution in [3.8, 4) is 5.75 Å². The predicted octanol–water partition coefficient (Wildman–Crippen LogP) is 3.50. The number of benzene rings is 1. The Morgan fingerprint density at radius 3 is 2.58 bits per heavy atom. The summed E-state index contributed by atoms with van der Waals surface area (Å²) in [7, 11) is 1.91. The molecule has 0 unspecified atom stereocenters. The highest BCUT2D eigenvalue weighted by atomic mass is 16.5. The van der Waals surface area contributed by atoms with Gasteiger partial charge in [0.25, 0.3) is 0 Å². The summed E-state index contributed by atoms with van der Waals surface area (Å²) in [5.41, 5.74) is 3.56. The molecular weight excluding hydrogens is 238 g/mol. The van der Waals surface area contributed by atoms with Gasteiger partial charge in [-0.25, -0.2) is 0 Å². The van der Waals surface area contributed by atoms with Crippen LogP contribution >= 0.6 is 0 Å². The van der Waals surface area contributed by atoms with Gasteiger partial charge in [-0.2, -0.15) is 0 Å². The van der Waals surface area contributed by atoms with Crippen LogP contribution in [0.25, 0.3) is 0 Å². The topological polar surface area (TPSA) is 34.4 Å². The molecule has 0 bridgehead atoms. The monoisotopic (exact) mass is 259 g/mol. The van der Waals surface area contributed by atoms with Gasteiger partial charge in [0.1, 0.15) is 23.9 Å². The number of nitrogens with one attached hydrogen (secondary N) is 1. The Balaban J connectivity index is 2.04. The molecule has 0 aliphatic rings. The van der Waals surface area contributed by atoms with Gasteiger partial charge < -0.3 is 14.5 Å². The van der Waals surface area contributed by atoms with E-state index in [1.165, 1.54) is 5.56 Å². The lowest BCUT2D eigenvalue weighted by molar-refractivity contribution is 0.264. The molecule has 1 heterocycles. The van der Waals surface area contributed by atoms with Crippen LogP contribution in [0.1, 0.15) is 28.2 Å². The molecule has 2 aromatic rings. The lowest BCUT2D eigenvalue weighted by atomic mass is 10.1. The molecule has 0 spiro atoms. The molecule has 1 aromatic carbocycles. The van der Waals surface area contributed by atoms with Gasteiger partial charge in [-0.05, 0) is 51.1 Å². The number of rotatable bonds is 5. The van der Waals surface area contributed by atoms with Gasteiger partial charge in [0.05, 0.1) is 6.54 Å². The maximum absolute atomic E-state index is 5.81. The average molecular weight is 259 g/mol. The van der Waals surface area contributed by atoms with E-state index in [-0.39, 0.29) is 0 Å². The Labute approximate surface area is 114 Å². The van der Waals surface area contributed by atoms with Crippen LogP contribution in [0.15, 0.2) is 28.7 Å². The molecule has 0 atom stereocenters. The van der Waals surface area contributed by atoms with Crippen LogP contribution in [-0.2, 0) is 13.2 Å². The Hall–Kier alpha value is -1.74. The van der Waals surface area contributed by atoms with E-state index in [0.717, 1.165) is 34.9 Å². The molecule has 19 heavy (non-hydrogen) atoms. The van der Waals surface area contributed by atoms with Crippen molar-refractivity contribution in [2.45, 2.75) is 33.9 Å². The fourth-order valence-corrected chi connectivity index (χ4v) is 2.11. The first-order chi connectivity index (χ1) is 9.10. The van der Waals surface area contributed by atoms with Crippen LogP contribution in [0.2, 0.25) is 0 Å². The predicted molar refractivity (Wildman–Crippen MR) is 76.5 cm³/mol. The quantitative estimate of drug-likeness (QED) is 0.892. The second-order valence-corrected chi connectivity index (χ2v) is 4.91. The van der Waals surface area contributed by atoms with Gasteiger partial charge in [0, 0.05) is 0 Å². The number of hydrogen-bond donors (Lipinski definition) is 1. The molecule has 3 nitrogen and oxygen atoms in total. The van der Waals surface area contributed by atoms with E-state index in [1.807, 2.05) is 19.2 Å². The van der Waals surface area contributed by atoms with Gasteiger partial charge in [0.15, 0.2) is 0 Å². The molecule has 0 radical (unpaired) electrons. The van der Waals surface area contributed by atoms with Crippen molar-refractivity contribution in [3.05, 3.63) is 52.5 Å². The van der Waals surface area contributed by atoms with E-state index in [9.17, 15) is 0 Å². The molecule has 102 valence electrons. The molecule has 2 rings (SSSR count). The van der Waals surface area contributed by atoms with Crippen molar-refractivity contribution in [1.29, 1.82) is 0 Å². The minimum absolute atomic E-state index is 0.467. The van der Waals surface area contributed by atoms with Crippen LogP contribution in [0.3, 0.4) is 0 Å². The molecule has 0 aliphatic heterocycles. The lowest BCUT2D eigenvalue weighted by Crippen LogP contribution is -2.04. The number of furan rings is 1. The van der Waals surface area contributed by atoms with Crippen LogP contribution in [-0.4, -0.2) is 7.05 Å². The summed E-state index contributed by atoms with van der Waals surface area (Å²) < 4.78 is 11.6. The largest absolute Gasteiger partial charge is 0.485 e. The molecule has 0 amide bonds. The Morgan fingerprint density at radius 1 is 1.11 bits per heavy atom. The summed E-state index contributed by atoms with van der Waals surface area (Å²) in [6, 6.07) is 8.22. The standard InChI is InChI=1S/C16H21NO2/c1-11-5-6-15(12(2)7-11)18-10-14-8-13(3)16(19-14)9-17-4/h5-8,17H,9-10H2,1-4H3. The number of aryl methyl sites for hydroxylation is 3. The van der Waals surface area contributed by atoms with Crippen LogP contribution in [0.5, 0.6) is 5.75 Å². The zero-order chi connectivity index (χ0) is 13.8. The molecule has 1 N–H and O–H groups in total. The van der Waals surface area contributed by atoms with Crippen molar-refractivity contribution in [1.82, 2.24) is 5.32 Å². The highest BCUT2D eigenvalue weighted by Crippen LogP contribution is 2.21. The summed E-state index contributed by atoms with van der Waals surface area (Å²) in [6.07, 6.45) is 0. The smallest absolute Gasteiger partial charge is 0.146 e. The highest BCUT2D eigenvalue weighted by molar-refractivity contribution is 5.35. The second kappa shape index (κ2) is 5.93. The van der Waals surface area contributed by atoms with Crippen molar-refractivity contribution in [3.63, 3.8) is 0 Å². The normalized spacial score (nSPS) is 10.7. The van der Waals surface area contributed by atoms with Crippen LogP contribution in [0, 0.1) is 20.8 Å². The first-order valence-corrected chi connectivity index (χ1v) is 6.53. The average Bonchev–Trinajstić information content (AvgIpc) is 2.70. The maximum Gasteiger partial charge on any atom is 0.146 e. The van der Waals surface area contributed by atoms with E-state index in [2.05, 4.69) is 38.2 Å². The number of ether oxygens (including phenoxy) is 1. The maximum atomic E-state index is 5.81. The summed E-state index contributed by atoms with van der Waals surface area (Å²) in [5.74, 6) is 2.75. The van der Waals surface area contributed by atoms with Gasteiger partial charge in [0.2, 0.25) is 0 Å². The van der Waals surface area contributed by atoms with E-state index in [4.69, 9.17) is 9.15 Å². The van der Waals surface area contributed by atoms with Gasteiger partial charge in [-0.15, -0.1) is 0 Å². The van der Waals surface area contributed by atoms with Gasteiger partial charge in [-0.1, -0.05) is 17.7 Å². The zero-order valence-corrected chi connectivity index (χ0v) is 12.0. The summed E-state index contributed by atoms with van der Waals surface area (Å²) in [6.45, 7) is 7.40. The lowest BCUT2D eigenvalue weighted by Gasteiger charge is -2.08. The second-order valence-electron chi connectivity index (χ2n) is 4.91. The first-order valence-electron chi connectivity index (χ1n) is 6.53. The third kappa shape index (κ3) is 3.38. The van der Waals surface area contributed by atoms with Crippen molar-refractivity contribution < 1.29 is 9.15 Å². The van der Waals surface area contributed by atoms with Crippen molar-refractivity contribution >= 4 is 0 Å². The molecule has 0 aliphatic carbocycles. The van der Waals surface area contributed by atoms with E-state index in [0.29, 0.717) is 6.61 Å². The van der Waals surface area contributed by atoms with Crippen molar-refractivity contribution in [2.75, 3.05) is 7.05 Å². The van der Waals surface area contributed by atoms with Gasteiger partial charge in [-0.3, -0.25) is 0 Å². The van der Waals surface area contributed by atoms with E-state index in [1.54, 1.807) is 0 Å². The molecule has 0 fully saturated rings. The molecular formula is C16H21NO2. The minimum Gasteiger partial charge on any atom is -0.485 e. The molecule has 1 aromatic heterocycles. The Bertz CT molecular complexity index is 558. The number of hydrogen-bond acceptors (Lipinski definition) is 3. The van der Waals surface area contributed by atoms with E-state index < -0.39 is 0 Å². The van der Waals surface area contributed by atoms with Crippen molar-refractivity contribution in [2.24, 2.45) is 0 Å². The third-order valence-corrected chi connectivity index (χ3v) is 3.11. The van der Waals surface area contributed by atoms with Crippen LogP contribution in [0.4, 0.5) is 0 Å². The summed E-state index contributed by atoms with van der Waals surface area (Å²) in [4.78, 5) is 0. The third-order valence-electron chi connectivity index (χ3n) is 3.11. The molecule has 3 heteroatoms.